The van der Waals surface area contributed by atoms with Gasteiger partial charge in [0.25, 0.3) is 0 Å². The van der Waals surface area contributed by atoms with E-state index in [1.54, 1.807) is 30.3 Å². The van der Waals surface area contributed by atoms with Crippen LogP contribution < -0.4 is 10.3 Å². The van der Waals surface area contributed by atoms with Crippen molar-refractivity contribution in [2.75, 3.05) is 6.54 Å². The first kappa shape index (κ1) is 18.8. The number of rotatable bonds is 6. The van der Waals surface area contributed by atoms with Gasteiger partial charge in [-0.15, -0.1) is 0 Å². The summed E-state index contributed by atoms with van der Waals surface area (Å²) < 4.78 is 36.6. The number of esters is 1. The van der Waals surface area contributed by atoms with Crippen LogP contribution in [0.25, 0.3) is 11.0 Å². The average Bonchev–Trinajstić information content (AvgIpc) is 2.64. The van der Waals surface area contributed by atoms with E-state index in [9.17, 15) is 18.0 Å². The number of hydrogen-bond acceptors (Lipinski definition) is 6. The van der Waals surface area contributed by atoms with Gasteiger partial charge < -0.3 is 9.15 Å². The van der Waals surface area contributed by atoms with Gasteiger partial charge in [-0.2, -0.15) is 4.72 Å². The molecule has 2 aromatic carbocycles. The molecule has 8 heteroatoms. The molecule has 0 fully saturated rings. The Morgan fingerprint density at radius 3 is 2.59 bits per heavy atom. The molecule has 0 aliphatic carbocycles. The highest BCUT2D eigenvalue weighted by Crippen LogP contribution is 2.19. The van der Waals surface area contributed by atoms with Crippen molar-refractivity contribution in [2.45, 2.75) is 18.4 Å². The number of aryl methyl sites for hydroxylation is 1. The predicted octanol–water partition coefficient (Wildman–Crippen LogP) is 2.12. The Labute approximate surface area is 155 Å². The minimum Gasteiger partial charge on any atom is -0.460 e. The lowest BCUT2D eigenvalue weighted by molar-refractivity contribution is -0.143. The molecule has 0 atom stereocenters. The van der Waals surface area contributed by atoms with Crippen LogP contribution >= 0.6 is 0 Å². The fourth-order valence-electron chi connectivity index (χ4n) is 2.50. The van der Waals surface area contributed by atoms with Gasteiger partial charge in [-0.1, -0.05) is 30.3 Å². The van der Waals surface area contributed by atoms with E-state index in [-0.39, 0.29) is 11.5 Å². The molecule has 0 amide bonds. The van der Waals surface area contributed by atoms with E-state index in [1.807, 2.05) is 13.0 Å². The molecule has 0 aliphatic rings. The normalized spacial score (nSPS) is 11.4. The summed E-state index contributed by atoms with van der Waals surface area (Å²) in [5.74, 6) is -0.761. The molecule has 1 N–H and O–H groups in total. The molecule has 3 rings (SSSR count). The highest BCUT2D eigenvalue weighted by Gasteiger charge is 2.16. The highest BCUT2D eigenvalue weighted by molar-refractivity contribution is 7.89. The zero-order valence-electron chi connectivity index (χ0n) is 14.5. The average molecular weight is 387 g/mol. The minimum atomic E-state index is -3.80. The van der Waals surface area contributed by atoms with Crippen molar-refractivity contribution in [3.05, 3.63) is 76.1 Å². The monoisotopic (exact) mass is 387 g/mol. The van der Waals surface area contributed by atoms with Gasteiger partial charge in [0.15, 0.2) is 0 Å². The first-order chi connectivity index (χ1) is 12.8. The molecule has 0 saturated heterocycles. The number of ether oxygens (including phenoxy) is 1. The van der Waals surface area contributed by atoms with Crippen LogP contribution in [0.4, 0.5) is 0 Å². The van der Waals surface area contributed by atoms with Gasteiger partial charge in [0.2, 0.25) is 10.0 Å². The van der Waals surface area contributed by atoms with Crippen LogP contribution in [-0.4, -0.2) is 20.9 Å². The van der Waals surface area contributed by atoms with Gasteiger partial charge in [0, 0.05) is 17.0 Å². The molecule has 3 aromatic rings. The Bertz CT molecular complexity index is 1140. The van der Waals surface area contributed by atoms with E-state index in [0.29, 0.717) is 16.5 Å². The second-order valence-corrected chi connectivity index (χ2v) is 7.66. The minimum absolute atomic E-state index is 0.0554. The topological polar surface area (TPSA) is 103 Å². The zero-order valence-corrected chi connectivity index (χ0v) is 15.3. The van der Waals surface area contributed by atoms with Crippen molar-refractivity contribution in [1.82, 2.24) is 4.72 Å². The van der Waals surface area contributed by atoms with Crippen LogP contribution in [0.5, 0.6) is 0 Å². The van der Waals surface area contributed by atoms with Gasteiger partial charge in [-0.05, 0) is 30.7 Å². The molecular formula is C19H17NO6S. The summed E-state index contributed by atoms with van der Waals surface area (Å²) in [7, 11) is -3.80. The van der Waals surface area contributed by atoms with Crippen molar-refractivity contribution in [2.24, 2.45) is 0 Å². The molecule has 140 valence electrons. The molecule has 0 aliphatic heterocycles. The number of fused-ring (bicyclic) bond motifs is 1. The molecule has 0 saturated carbocycles. The summed E-state index contributed by atoms with van der Waals surface area (Å²) in [4.78, 5) is 23.6. The molecular weight excluding hydrogens is 370 g/mol. The molecule has 27 heavy (non-hydrogen) atoms. The summed E-state index contributed by atoms with van der Waals surface area (Å²) >= 11 is 0. The number of carbonyl (C=O) groups excluding carboxylic acids is 1. The predicted molar refractivity (Wildman–Crippen MR) is 98.6 cm³/mol. The van der Waals surface area contributed by atoms with Gasteiger partial charge in [-0.25, -0.2) is 13.2 Å². The number of carbonyl (C=O) groups is 1. The Morgan fingerprint density at radius 2 is 1.85 bits per heavy atom. The van der Waals surface area contributed by atoms with Crippen LogP contribution in [0, 0.1) is 6.92 Å². The quantitative estimate of drug-likeness (QED) is 0.513. The number of benzene rings is 2. The Morgan fingerprint density at radius 1 is 1.11 bits per heavy atom. The summed E-state index contributed by atoms with van der Waals surface area (Å²) in [6.07, 6.45) is 0. The van der Waals surface area contributed by atoms with Crippen LogP contribution in [0.2, 0.25) is 0 Å². The van der Waals surface area contributed by atoms with E-state index in [4.69, 9.17) is 9.15 Å². The number of nitrogens with one attached hydrogen (secondary N) is 1. The molecule has 1 aromatic heterocycles. The zero-order chi connectivity index (χ0) is 19.4. The second kappa shape index (κ2) is 7.73. The van der Waals surface area contributed by atoms with Gasteiger partial charge in [0.05, 0.1) is 4.90 Å². The van der Waals surface area contributed by atoms with Crippen LogP contribution in [0.1, 0.15) is 11.1 Å². The third-order valence-corrected chi connectivity index (χ3v) is 5.25. The molecule has 1 heterocycles. The SMILES string of the molecule is Cc1ccc2c(COC(=O)CNS(=O)(=O)c3ccccc3)cc(=O)oc2c1. The third kappa shape index (κ3) is 4.60. The van der Waals surface area contributed by atoms with E-state index in [2.05, 4.69) is 4.72 Å². The fraction of sp³-hybridized carbons (Fsp3) is 0.158. The maximum atomic E-state index is 12.1. The van der Waals surface area contributed by atoms with Gasteiger partial charge >= 0.3 is 11.6 Å². The van der Waals surface area contributed by atoms with Crippen molar-refractivity contribution in [1.29, 1.82) is 0 Å². The first-order valence-corrected chi connectivity index (χ1v) is 9.57. The van der Waals surface area contributed by atoms with Crippen molar-refractivity contribution in [3.8, 4) is 0 Å². The lowest BCUT2D eigenvalue weighted by atomic mass is 10.1. The molecule has 0 unspecified atom stereocenters. The summed E-state index contributed by atoms with van der Waals surface area (Å²) in [5, 5.41) is 0.651. The Balaban J connectivity index is 1.66. The first-order valence-electron chi connectivity index (χ1n) is 8.09. The van der Waals surface area contributed by atoms with Crippen LogP contribution in [0.3, 0.4) is 0 Å². The molecule has 0 bridgehead atoms. The summed E-state index contributed by atoms with van der Waals surface area (Å²) in [6.45, 7) is 1.18. The molecule has 0 spiro atoms. The number of hydrogen-bond donors (Lipinski definition) is 1. The fourth-order valence-corrected chi connectivity index (χ4v) is 3.49. The van der Waals surface area contributed by atoms with Crippen molar-refractivity contribution in [3.63, 3.8) is 0 Å². The van der Waals surface area contributed by atoms with E-state index in [1.165, 1.54) is 18.2 Å². The van der Waals surface area contributed by atoms with Crippen LogP contribution in [0.15, 0.2) is 68.7 Å². The maximum Gasteiger partial charge on any atom is 0.336 e. The molecule has 0 radical (unpaired) electrons. The largest absolute Gasteiger partial charge is 0.460 e. The van der Waals surface area contributed by atoms with E-state index >= 15 is 0 Å². The second-order valence-electron chi connectivity index (χ2n) is 5.89. The lowest BCUT2D eigenvalue weighted by Gasteiger charge is -2.09. The highest BCUT2D eigenvalue weighted by atomic mass is 32.2. The maximum absolute atomic E-state index is 12.1. The summed E-state index contributed by atoms with van der Waals surface area (Å²) in [6, 6.07) is 14.3. The van der Waals surface area contributed by atoms with Crippen LogP contribution in [-0.2, 0) is 26.2 Å². The third-order valence-electron chi connectivity index (χ3n) is 3.83. The number of sulfonamides is 1. The Kier molecular flexibility index (Phi) is 5.38. The van der Waals surface area contributed by atoms with Gasteiger partial charge in [-0.3, -0.25) is 4.79 Å². The lowest BCUT2D eigenvalue weighted by Crippen LogP contribution is -2.30. The smallest absolute Gasteiger partial charge is 0.336 e. The van der Waals surface area contributed by atoms with Crippen molar-refractivity contribution >= 4 is 27.0 Å². The molecule has 7 nitrogen and oxygen atoms in total. The summed E-state index contributed by atoms with van der Waals surface area (Å²) in [5.41, 5.74) is 1.26. The van der Waals surface area contributed by atoms with Gasteiger partial charge in [0.1, 0.15) is 18.7 Å². The van der Waals surface area contributed by atoms with E-state index < -0.39 is 28.2 Å². The standard InChI is InChI=1S/C19H17NO6S/c1-13-7-8-16-14(10-18(21)26-17(16)9-13)12-25-19(22)11-20-27(23,24)15-5-3-2-4-6-15/h2-10,20H,11-12H2,1H3. The van der Waals surface area contributed by atoms with Crippen molar-refractivity contribution < 1.29 is 22.4 Å². The Hall–Kier alpha value is -2.97. The van der Waals surface area contributed by atoms with E-state index in [0.717, 1.165) is 5.56 Å².